The van der Waals surface area contributed by atoms with Crippen molar-refractivity contribution in [2.24, 2.45) is 0 Å². The lowest BCUT2D eigenvalue weighted by molar-refractivity contribution is -0.123. The number of rotatable bonds is 4. The molecule has 2 heterocycles. The Balaban J connectivity index is 1.54. The molecule has 2 saturated heterocycles. The summed E-state index contributed by atoms with van der Waals surface area (Å²) in [5.41, 5.74) is 4.23. The Morgan fingerprint density at radius 2 is 1.86 bits per heavy atom. The number of amides is 3. The van der Waals surface area contributed by atoms with E-state index >= 15 is 0 Å². The van der Waals surface area contributed by atoms with E-state index < -0.39 is 6.03 Å². The quantitative estimate of drug-likeness (QED) is 0.618. The number of imide groups is 1. The van der Waals surface area contributed by atoms with E-state index in [9.17, 15) is 9.59 Å². The maximum atomic E-state index is 12.7. The van der Waals surface area contributed by atoms with Crippen molar-refractivity contribution in [2.45, 2.75) is 26.3 Å². The highest BCUT2D eigenvalue weighted by Crippen LogP contribution is 2.26. The van der Waals surface area contributed by atoms with Gasteiger partial charge in [-0.3, -0.25) is 9.69 Å². The van der Waals surface area contributed by atoms with Gasteiger partial charge in [0.2, 0.25) is 0 Å². The summed E-state index contributed by atoms with van der Waals surface area (Å²) in [6, 6.07) is 13.0. The third kappa shape index (κ3) is 3.62. The van der Waals surface area contributed by atoms with E-state index in [1.807, 2.05) is 31.2 Å². The molecule has 2 aliphatic heterocycles. The molecule has 0 atom stereocenters. The van der Waals surface area contributed by atoms with Crippen molar-refractivity contribution in [3.05, 3.63) is 69.9 Å². The lowest BCUT2D eigenvalue weighted by atomic mass is 10.1. The molecule has 2 aliphatic rings. The SMILES string of the molecule is Cc1cc(N2CCCC2)ccc1/C=C1\NC(=O)N(Cc2ccccc2Cl)C1=O. The molecule has 2 aromatic rings. The Morgan fingerprint density at radius 3 is 2.57 bits per heavy atom. The summed E-state index contributed by atoms with van der Waals surface area (Å²) in [7, 11) is 0. The van der Waals surface area contributed by atoms with Crippen molar-refractivity contribution >= 4 is 35.3 Å². The number of anilines is 1. The molecule has 2 fully saturated rings. The average Bonchev–Trinajstić information content (AvgIpc) is 3.30. The average molecular weight is 396 g/mol. The van der Waals surface area contributed by atoms with Gasteiger partial charge < -0.3 is 10.2 Å². The van der Waals surface area contributed by atoms with Crippen molar-refractivity contribution < 1.29 is 9.59 Å². The Bertz CT molecular complexity index is 964. The molecular formula is C22H22ClN3O2. The Kier molecular flexibility index (Phi) is 5.09. The molecule has 2 aromatic carbocycles. The second kappa shape index (κ2) is 7.68. The van der Waals surface area contributed by atoms with Crippen molar-refractivity contribution in [2.75, 3.05) is 18.0 Å². The summed E-state index contributed by atoms with van der Waals surface area (Å²) in [6.07, 6.45) is 4.20. The molecular weight excluding hydrogens is 374 g/mol. The molecule has 144 valence electrons. The number of carbonyl (C=O) groups is 2. The predicted molar refractivity (Wildman–Crippen MR) is 111 cm³/mol. The number of aryl methyl sites for hydroxylation is 1. The molecule has 0 aliphatic carbocycles. The minimum atomic E-state index is -0.428. The van der Waals surface area contributed by atoms with Crippen LogP contribution < -0.4 is 10.2 Å². The smallest absolute Gasteiger partial charge is 0.329 e. The van der Waals surface area contributed by atoms with Gasteiger partial charge in [0.25, 0.3) is 5.91 Å². The second-order valence-corrected chi connectivity index (χ2v) is 7.61. The number of urea groups is 1. The van der Waals surface area contributed by atoms with E-state index in [1.54, 1.807) is 12.1 Å². The van der Waals surface area contributed by atoms with E-state index in [0.29, 0.717) is 5.02 Å². The molecule has 0 spiro atoms. The molecule has 6 heteroatoms. The van der Waals surface area contributed by atoms with Gasteiger partial charge in [-0.15, -0.1) is 0 Å². The number of nitrogens with zero attached hydrogens (tertiary/aromatic N) is 2. The molecule has 3 amide bonds. The van der Waals surface area contributed by atoms with Crippen molar-refractivity contribution in [1.29, 1.82) is 0 Å². The fourth-order valence-electron chi connectivity index (χ4n) is 3.66. The second-order valence-electron chi connectivity index (χ2n) is 7.21. The highest BCUT2D eigenvalue weighted by molar-refractivity contribution is 6.31. The van der Waals surface area contributed by atoms with Crippen LogP contribution >= 0.6 is 11.6 Å². The third-order valence-corrected chi connectivity index (χ3v) is 5.64. The summed E-state index contributed by atoms with van der Waals surface area (Å²) in [4.78, 5) is 28.6. The lowest BCUT2D eigenvalue weighted by Gasteiger charge is -2.18. The van der Waals surface area contributed by atoms with Gasteiger partial charge >= 0.3 is 6.03 Å². The van der Waals surface area contributed by atoms with E-state index in [2.05, 4.69) is 22.3 Å². The van der Waals surface area contributed by atoms with Gasteiger partial charge in [0.15, 0.2) is 0 Å². The van der Waals surface area contributed by atoms with Gasteiger partial charge in [0.05, 0.1) is 6.54 Å². The van der Waals surface area contributed by atoms with Crippen LogP contribution in [0.3, 0.4) is 0 Å². The number of hydrogen-bond donors (Lipinski definition) is 1. The number of carbonyl (C=O) groups excluding carboxylic acids is 2. The van der Waals surface area contributed by atoms with E-state index in [4.69, 9.17) is 11.6 Å². The van der Waals surface area contributed by atoms with E-state index in [-0.39, 0.29) is 18.1 Å². The van der Waals surface area contributed by atoms with Crippen molar-refractivity contribution in [3.8, 4) is 0 Å². The van der Waals surface area contributed by atoms with Crippen LogP contribution in [-0.2, 0) is 11.3 Å². The maximum absolute atomic E-state index is 12.7. The summed E-state index contributed by atoms with van der Waals surface area (Å²) in [5.74, 6) is -0.340. The van der Waals surface area contributed by atoms with Crippen LogP contribution in [0.5, 0.6) is 0 Å². The molecule has 28 heavy (non-hydrogen) atoms. The van der Waals surface area contributed by atoms with Crippen LogP contribution in [0.25, 0.3) is 6.08 Å². The van der Waals surface area contributed by atoms with Gasteiger partial charge in [0, 0.05) is 23.8 Å². The fraction of sp³-hybridized carbons (Fsp3) is 0.273. The van der Waals surface area contributed by atoms with Crippen LogP contribution in [0.4, 0.5) is 10.5 Å². The lowest BCUT2D eigenvalue weighted by Crippen LogP contribution is -2.30. The standard InChI is InChI=1S/C22H22ClN3O2/c1-15-12-18(25-10-4-5-11-25)9-8-16(15)13-20-21(27)26(22(28)24-20)14-17-6-2-3-7-19(17)23/h2-3,6-9,12-13H,4-5,10-11,14H2,1H3,(H,24,28)/b20-13-. The minimum absolute atomic E-state index is 0.147. The first-order chi connectivity index (χ1) is 13.5. The van der Waals surface area contributed by atoms with Crippen molar-refractivity contribution in [1.82, 2.24) is 10.2 Å². The summed E-state index contributed by atoms with van der Waals surface area (Å²) < 4.78 is 0. The number of hydrogen-bond acceptors (Lipinski definition) is 3. The summed E-state index contributed by atoms with van der Waals surface area (Å²) >= 11 is 6.17. The monoisotopic (exact) mass is 395 g/mol. The van der Waals surface area contributed by atoms with E-state index in [0.717, 1.165) is 29.8 Å². The largest absolute Gasteiger partial charge is 0.372 e. The van der Waals surface area contributed by atoms with Crippen LogP contribution in [0, 0.1) is 6.92 Å². The third-order valence-electron chi connectivity index (χ3n) is 5.27. The van der Waals surface area contributed by atoms with Gasteiger partial charge in [-0.05, 0) is 60.7 Å². The molecule has 5 nitrogen and oxygen atoms in total. The summed E-state index contributed by atoms with van der Waals surface area (Å²) in [6.45, 7) is 4.35. The maximum Gasteiger partial charge on any atom is 0.329 e. The Labute approximate surface area is 169 Å². The van der Waals surface area contributed by atoms with E-state index in [1.165, 1.54) is 23.4 Å². The van der Waals surface area contributed by atoms with Gasteiger partial charge in [-0.2, -0.15) is 0 Å². The van der Waals surface area contributed by atoms with Gasteiger partial charge in [-0.1, -0.05) is 35.9 Å². The zero-order chi connectivity index (χ0) is 19.7. The van der Waals surface area contributed by atoms with Crippen LogP contribution in [-0.4, -0.2) is 29.9 Å². The number of halogens is 1. The topological polar surface area (TPSA) is 52.7 Å². The van der Waals surface area contributed by atoms with Gasteiger partial charge in [-0.25, -0.2) is 4.79 Å². The van der Waals surface area contributed by atoms with Crippen molar-refractivity contribution in [3.63, 3.8) is 0 Å². The predicted octanol–water partition coefficient (Wildman–Crippen LogP) is 4.34. The molecule has 0 aromatic heterocycles. The zero-order valence-corrected chi connectivity index (χ0v) is 16.5. The fourth-order valence-corrected chi connectivity index (χ4v) is 3.86. The van der Waals surface area contributed by atoms with Crippen LogP contribution in [0.2, 0.25) is 5.02 Å². The molecule has 0 bridgehead atoms. The van der Waals surface area contributed by atoms with Gasteiger partial charge in [0.1, 0.15) is 5.70 Å². The highest BCUT2D eigenvalue weighted by atomic mass is 35.5. The molecule has 0 saturated carbocycles. The summed E-state index contributed by atoms with van der Waals surface area (Å²) in [5, 5.41) is 3.22. The number of nitrogens with one attached hydrogen (secondary N) is 1. The zero-order valence-electron chi connectivity index (χ0n) is 15.7. The Hall–Kier alpha value is -2.79. The first-order valence-electron chi connectivity index (χ1n) is 9.46. The highest BCUT2D eigenvalue weighted by Gasteiger charge is 2.33. The molecule has 0 unspecified atom stereocenters. The number of benzene rings is 2. The van der Waals surface area contributed by atoms with Crippen LogP contribution in [0.1, 0.15) is 29.5 Å². The minimum Gasteiger partial charge on any atom is -0.372 e. The van der Waals surface area contributed by atoms with Crippen LogP contribution in [0.15, 0.2) is 48.2 Å². The molecule has 4 rings (SSSR count). The molecule has 0 radical (unpaired) electrons. The molecule has 1 N–H and O–H groups in total. The normalized spacial score (nSPS) is 18.3. The first kappa shape index (κ1) is 18.6. The first-order valence-corrected chi connectivity index (χ1v) is 9.84. The Morgan fingerprint density at radius 1 is 1.11 bits per heavy atom.